The topological polar surface area (TPSA) is 29.1 Å². The second-order valence-electron chi connectivity index (χ2n) is 5.09. The maximum Gasteiger partial charge on any atom is 0.151 e. The third kappa shape index (κ3) is 3.95. The molecule has 0 fully saturated rings. The lowest BCUT2D eigenvalue weighted by atomic mass is 9.80. The molecule has 0 saturated carbocycles. The maximum atomic E-state index is 11.0. The van der Waals surface area contributed by atoms with Crippen molar-refractivity contribution in [3.05, 3.63) is 12.3 Å². The predicted octanol–water partition coefficient (Wildman–Crippen LogP) is 2.75. The van der Waals surface area contributed by atoms with Crippen molar-refractivity contribution in [3.8, 4) is 0 Å². The Morgan fingerprint density at radius 2 is 1.71 bits per heavy atom. The van der Waals surface area contributed by atoms with Crippen LogP contribution in [0, 0.1) is 11.3 Å². The molecule has 2 atom stereocenters. The average molecular weight is 197 g/mol. The minimum atomic E-state index is -0.132. The van der Waals surface area contributed by atoms with Crippen LogP contribution >= 0.6 is 0 Å². The Morgan fingerprint density at radius 3 is 2.00 bits per heavy atom. The van der Waals surface area contributed by atoms with Gasteiger partial charge in [0.1, 0.15) is 0 Å². The molecule has 0 amide bonds. The highest BCUT2D eigenvalue weighted by Crippen LogP contribution is 2.29. The highest BCUT2D eigenvalue weighted by atomic mass is 16.1. The minimum absolute atomic E-state index is 0.132. The highest BCUT2D eigenvalue weighted by Gasteiger charge is 2.23. The minimum Gasteiger partial charge on any atom is -0.379 e. The van der Waals surface area contributed by atoms with E-state index in [-0.39, 0.29) is 17.2 Å². The molecule has 0 aromatic heterocycles. The summed E-state index contributed by atoms with van der Waals surface area (Å²) >= 11 is 0. The molecule has 14 heavy (non-hydrogen) atoms. The van der Waals surface area contributed by atoms with Crippen LogP contribution in [0.2, 0.25) is 0 Å². The number of hydrogen-bond acceptors (Lipinski definition) is 2. The zero-order chi connectivity index (χ0) is 11.5. The molecule has 0 unspecified atom stereocenters. The SMILES string of the molecule is C=C(N[C@H](C)C(C)=O)[C@H](C)C(C)(C)C. The lowest BCUT2D eigenvalue weighted by Crippen LogP contribution is -2.36. The molecule has 0 aliphatic carbocycles. The number of rotatable bonds is 4. The fraction of sp³-hybridized carbons (Fsp3) is 0.750. The summed E-state index contributed by atoms with van der Waals surface area (Å²) in [6, 6.07) is -0.132. The van der Waals surface area contributed by atoms with Gasteiger partial charge in [0.05, 0.1) is 6.04 Å². The largest absolute Gasteiger partial charge is 0.379 e. The number of carbonyl (C=O) groups is 1. The van der Waals surface area contributed by atoms with Crippen molar-refractivity contribution in [2.75, 3.05) is 0 Å². The van der Waals surface area contributed by atoms with E-state index in [9.17, 15) is 4.79 Å². The first kappa shape index (κ1) is 13.2. The third-order valence-corrected chi connectivity index (χ3v) is 2.83. The third-order valence-electron chi connectivity index (χ3n) is 2.83. The lowest BCUT2D eigenvalue weighted by Gasteiger charge is -2.30. The number of ketones is 1. The Kier molecular flexibility index (Phi) is 4.37. The first-order chi connectivity index (χ1) is 6.16. The van der Waals surface area contributed by atoms with Crippen molar-refractivity contribution in [2.24, 2.45) is 11.3 Å². The first-order valence-electron chi connectivity index (χ1n) is 5.12. The second kappa shape index (κ2) is 4.63. The molecule has 0 bridgehead atoms. The van der Waals surface area contributed by atoms with E-state index in [2.05, 4.69) is 39.6 Å². The highest BCUT2D eigenvalue weighted by molar-refractivity contribution is 5.81. The molecule has 2 nitrogen and oxygen atoms in total. The van der Waals surface area contributed by atoms with E-state index in [0.29, 0.717) is 5.92 Å². The van der Waals surface area contributed by atoms with E-state index < -0.39 is 0 Å². The van der Waals surface area contributed by atoms with Gasteiger partial charge in [-0.15, -0.1) is 0 Å². The fourth-order valence-electron chi connectivity index (χ4n) is 1.03. The van der Waals surface area contributed by atoms with Crippen LogP contribution in [-0.2, 0) is 4.79 Å². The Morgan fingerprint density at radius 1 is 1.29 bits per heavy atom. The van der Waals surface area contributed by atoms with Crippen molar-refractivity contribution in [1.29, 1.82) is 0 Å². The quantitative estimate of drug-likeness (QED) is 0.751. The average Bonchev–Trinajstić information content (AvgIpc) is 2.00. The molecule has 0 radical (unpaired) electrons. The van der Waals surface area contributed by atoms with Gasteiger partial charge >= 0.3 is 0 Å². The number of Topliss-reactive ketones (excluding diaryl/α,β-unsaturated/α-hetero) is 1. The van der Waals surface area contributed by atoms with Crippen LogP contribution in [-0.4, -0.2) is 11.8 Å². The van der Waals surface area contributed by atoms with Crippen LogP contribution in [0.3, 0.4) is 0 Å². The fourth-order valence-corrected chi connectivity index (χ4v) is 1.03. The standard InChI is InChI=1S/C12H23NO/c1-8(12(5,6)7)9(2)13-10(3)11(4)14/h8,10,13H,2H2,1,3-7H3/t8-,10+/m0/s1. The summed E-state index contributed by atoms with van der Waals surface area (Å²) in [5.74, 6) is 0.497. The van der Waals surface area contributed by atoms with Crippen molar-refractivity contribution in [3.63, 3.8) is 0 Å². The molecule has 0 aromatic rings. The number of allylic oxidation sites excluding steroid dienone is 1. The number of hydrogen-bond donors (Lipinski definition) is 1. The van der Waals surface area contributed by atoms with Gasteiger partial charge in [-0.2, -0.15) is 0 Å². The Hall–Kier alpha value is -0.790. The zero-order valence-electron chi connectivity index (χ0n) is 10.3. The van der Waals surface area contributed by atoms with Gasteiger partial charge in [0.15, 0.2) is 5.78 Å². The maximum absolute atomic E-state index is 11.0. The predicted molar refractivity (Wildman–Crippen MR) is 61.0 cm³/mol. The Bertz CT molecular complexity index is 225. The van der Waals surface area contributed by atoms with E-state index in [1.807, 2.05) is 6.92 Å². The molecular weight excluding hydrogens is 174 g/mol. The van der Waals surface area contributed by atoms with Crippen molar-refractivity contribution in [1.82, 2.24) is 5.32 Å². The van der Waals surface area contributed by atoms with Crippen molar-refractivity contribution >= 4 is 5.78 Å². The molecule has 82 valence electrons. The molecule has 0 aliphatic heterocycles. The Labute approximate surface area is 87.8 Å². The molecule has 0 aromatic carbocycles. The van der Waals surface area contributed by atoms with Gasteiger partial charge in [0.2, 0.25) is 0 Å². The van der Waals surface area contributed by atoms with Crippen LogP contribution in [0.4, 0.5) is 0 Å². The van der Waals surface area contributed by atoms with Gasteiger partial charge in [-0.3, -0.25) is 4.79 Å². The summed E-state index contributed by atoms with van der Waals surface area (Å²) in [4.78, 5) is 11.0. The van der Waals surface area contributed by atoms with Crippen LogP contribution in [0.5, 0.6) is 0 Å². The molecule has 0 aliphatic rings. The summed E-state index contributed by atoms with van der Waals surface area (Å²) in [6.45, 7) is 16.1. The normalized spacial score (nSPS) is 15.9. The summed E-state index contributed by atoms with van der Waals surface area (Å²) < 4.78 is 0. The molecule has 2 heteroatoms. The van der Waals surface area contributed by atoms with Crippen LogP contribution in [0.1, 0.15) is 41.5 Å². The van der Waals surface area contributed by atoms with Crippen molar-refractivity contribution < 1.29 is 4.79 Å². The van der Waals surface area contributed by atoms with Gasteiger partial charge in [-0.05, 0) is 19.3 Å². The molecular formula is C12H23NO. The number of carbonyl (C=O) groups excluding carboxylic acids is 1. The first-order valence-corrected chi connectivity index (χ1v) is 5.12. The van der Waals surface area contributed by atoms with Crippen LogP contribution in [0.25, 0.3) is 0 Å². The van der Waals surface area contributed by atoms with E-state index in [1.54, 1.807) is 6.92 Å². The van der Waals surface area contributed by atoms with Gasteiger partial charge in [0.25, 0.3) is 0 Å². The van der Waals surface area contributed by atoms with Gasteiger partial charge in [-0.25, -0.2) is 0 Å². The van der Waals surface area contributed by atoms with E-state index in [1.165, 1.54) is 0 Å². The summed E-state index contributed by atoms with van der Waals surface area (Å²) in [5.41, 5.74) is 1.13. The number of nitrogens with one attached hydrogen (secondary N) is 1. The lowest BCUT2D eigenvalue weighted by molar-refractivity contribution is -0.118. The molecule has 0 saturated heterocycles. The van der Waals surface area contributed by atoms with Crippen LogP contribution < -0.4 is 5.32 Å². The monoisotopic (exact) mass is 197 g/mol. The van der Waals surface area contributed by atoms with Gasteiger partial charge < -0.3 is 5.32 Å². The van der Waals surface area contributed by atoms with E-state index >= 15 is 0 Å². The summed E-state index contributed by atoms with van der Waals surface area (Å²) in [6.07, 6.45) is 0. The second-order valence-corrected chi connectivity index (χ2v) is 5.09. The van der Waals surface area contributed by atoms with E-state index in [4.69, 9.17) is 0 Å². The smallest absolute Gasteiger partial charge is 0.151 e. The molecule has 0 heterocycles. The zero-order valence-corrected chi connectivity index (χ0v) is 10.3. The van der Waals surface area contributed by atoms with E-state index in [0.717, 1.165) is 5.70 Å². The molecule has 0 rings (SSSR count). The van der Waals surface area contributed by atoms with Gasteiger partial charge in [0, 0.05) is 11.6 Å². The molecule has 1 N–H and O–H groups in total. The van der Waals surface area contributed by atoms with Gasteiger partial charge in [-0.1, -0.05) is 34.3 Å². The molecule has 0 spiro atoms. The summed E-state index contributed by atoms with van der Waals surface area (Å²) in [7, 11) is 0. The van der Waals surface area contributed by atoms with Crippen molar-refractivity contribution in [2.45, 2.75) is 47.6 Å². The van der Waals surface area contributed by atoms with Crippen LogP contribution in [0.15, 0.2) is 12.3 Å². The summed E-state index contributed by atoms with van der Waals surface area (Å²) in [5, 5.41) is 3.14. The Balaban J connectivity index is 4.29.